The summed E-state index contributed by atoms with van der Waals surface area (Å²) < 4.78 is 55.8. The maximum atomic E-state index is 13.4. The third-order valence-corrected chi connectivity index (χ3v) is 7.36. The van der Waals surface area contributed by atoms with Gasteiger partial charge in [0.1, 0.15) is 19.6 Å². The van der Waals surface area contributed by atoms with Gasteiger partial charge in [0.25, 0.3) is 0 Å². The third-order valence-electron chi connectivity index (χ3n) is 5.92. The van der Waals surface area contributed by atoms with E-state index in [0.29, 0.717) is 24.0 Å². The second-order valence-corrected chi connectivity index (χ2v) is 10.2. The Labute approximate surface area is 240 Å². The minimum absolute atomic E-state index is 0. The number of rotatable bonds is 11. The van der Waals surface area contributed by atoms with Gasteiger partial charge in [-0.2, -0.15) is 13.2 Å². The van der Waals surface area contributed by atoms with Gasteiger partial charge < -0.3 is 19.3 Å². The van der Waals surface area contributed by atoms with Gasteiger partial charge in [-0.3, -0.25) is 4.79 Å². The van der Waals surface area contributed by atoms with E-state index in [1.807, 2.05) is 31.2 Å². The summed E-state index contributed by atoms with van der Waals surface area (Å²) in [5.41, 5.74) is 1.54. The molecule has 0 radical (unpaired) electrons. The number of carbonyl (C=O) groups excluding carboxylic acids is 1. The van der Waals surface area contributed by atoms with Gasteiger partial charge in [0.2, 0.25) is 5.91 Å². The van der Waals surface area contributed by atoms with Crippen LogP contribution in [0.1, 0.15) is 50.2 Å². The standard InChI is InChI=1S/C24H29F3NO4P.K/c1-2-3-15-32-33(30,31)16-9-8-14-23(22(29)28-17-24(25,26)27)20-12-6-4-10-18(20)19-11-5-7-13-21(19)23;/h4-7,10-13H,2-3,8-9,14-17H2,1H3,(H,28,29)(H,30,31);/q;+1/p-1. The fourth-order valence-corrected chi connectivity index (χ4v) is 5.54. The summed E-state index contributed by atoms with van der Waals surface area (Å²) >= 11 is 0. The minimum Gasteiger partial charge on any atom is -0.778 e. The summed E-state index contributed by atoms with van der Waals surface area (Å²) in [6.45, 7) is 0.639. The van der Waals surface area contributed by atoms with Crippen molar-refractivity contribution < 1.29 is 83.3 Å². The van der Waals surface area contributed by atoms with Crippen molar-refractivity contribution in [2.45, 2.75) is 50.6 Å². The molecule has 0 saturated carbocycles. The fraction of sp³-hybridized carbons (Fsp3) is 0.458. The van der Waals surface area contributed by atoms with Gasteiger partial charge in [0.05, 0.1) is 6.61 Å². The van der Waals surface area contributed by atoms with Crippen molar-refractivity contribution in [3.05, 3.63) is 59.7 Å². The summed E-state index contributed by atoms with van der Waals surface area (Å²) in [5, 5.41) is 2.07. The van der Waals surface area contributed by atoms with Crippen LogP contribution in [-0.4, -0.2) is 31.4 Å². The second-order valence-electron chi connectivity index (χ2n) is 8.27. The van der Waals surface area contributed by atoms with Crippen molar-refractivity contribution in [2.75, 3.05) is 19.3 Å². The van der Waals surface area contributed by atoms with Crippen LogP contribution >= 0.6 is 7.60 Å². The van der Waals surface area contributed by atoms with E-state index in [2.05, 4.69) is 5.32 Å². The van der Waals surface area contributed by atoms with Gasteiger partial charge in [-0.15, -0.1) is 0 Å². The van der Waals surface area contributed by atoms with Crippen LogP contribution < -0.4 is 61.6 Å². The number of hydrogen-bond acceptors (Lipinski definition) is 4. The fourth-order valence-electron chi connectivity index (χ4n) is 4.39. The minimum atomic E-state index is -4.54. The number of fused-ring (bicyclic) bond motifs is 3. The summed E-state index contributed by atoms with van der Waals surface area (Å²) in [6, 6.07) is 14.4. The molecule has 0 bridgehead atoms. The second kappa shape index (κ2) is 12.6. The SMILES string of the molecule is CCCCOP(=O)([O-])CCCCC1(C(=O)NCC(F)(F)F)c2ccccc2-c2ccccc21.[K+]. The monoisotopic (exact) mass is 521 g/mol. The Morgan fingerprint density at radius 2 is 1.59 bits per heavy atom. The van der Waals surface area contributed by atoms with Crippen molar-refractivity contribution in [2.24, 2.45) is 0 Å². The van der Waals surface area contributed by atoms with Gasteiger partial charge >= 0.3 is 57.6 Å². The molecule has 10 heteroatoms. The van der Waals surface area contributed by atoms with Gasteiger partial charge in [0.15, 0.2) is 0 Å². The molecule has 0 heterocycles. The van der Waals surface area contributed by atoms with Crippen molar-refractivity contribution in [3.8, 4) is 11.1 Å². The molecule has 1 N–H and O–H groups in total. The average Bonchev–Trinajstić information content (AvgIpc) is 3.06. The van der Waals surface area contributed by atoms with E-state index in [0.717, 1.165) is 17.5 Å². The smallest absolute Gasteiger partial charge is 0.778 e. The molecule has 0 aromatic heterocycles. The Bertz CT molecular complexity index is 986. The van der Waals surface area contributed by atoms with Crippen LogP contribution in [0, 0.1) is 0 Å². The molecule has 1 aliphatic carbocycles. The van der Waals surface area contributed by atoms with E-state index >= 15 is 0 Å². The molecule has 1 atom stereocenters. The Morgan fingerprint density at radius 1 is 1.03 bits per heavy atom. The quantitative estimate of drug-likeness (QED) is 0.279. The summed E-state index contributed by atoms with van der Waals surface area (Å²) in [5.74, 6) is -0.735. The van der Waals surface area contributed by atoms with E-state index < -0.39 is 31.6 Å². The predicted molar refractivity (Wildman–Crippen MR) is 119 cm³/mol. The molecule has 3 rings (SSSR count). The molecule has 0 aliphatic heterocycles. The summed E-state index contributed by atoms with van der Waals surface area (Å²) in [4.78, 5) is 25.5. The van der Waals surface area contributed by atoms with Crippen LogP contribution in [0.2, 0.25) is 0 Å². The Morgan fingerprint density at radius 3 is 2.12 bits per heavy atom. The number of carbonyl (C=O) groups is 1. The Balaban J connectivity index is 0.00000408. The molecule has 0 fully saturated rings. The molecule has 1 amide bonds. The van der Waals surface area contributed by atoms with E-state index in [9.17, 15) is 27.4 Å². The van der Waals surface area contributed by atoms with Gasteiger partial charge in [-0.25, -0.2) is 0 Å². The van der Waals surface area contributed by atoms with E-state index in [4.69, 9.17) is 4.52 Å². The number of alkyl halides is 3. The number of unbranched alkanes of at least 4 members (excludes halogenated alkanes) is 2. The van der Waals surface area contributed by atoms with Crippen LogP contribution in [0.3, 0.4) is 0 Å². The summed E-state index contributed by atoms with van der Waals surface area (Å²) in [7, 11) is -4.00. The van der Waals surface area contributed by atoms with Crippen molar-refractivity contribution >= 4 is 13.5 Å². The molecule has 0 spiro atoms. The first kappa shape index (κ1) is 29.7. The molecule has 1 aliphatic rings. The van der Waals surface area contributed by atoms with Crippen molar-refractivity contribution in [3.63, 3.8) is 0 Å². The van der Waals surface area contributed by atoms with Crippen molar-refractivity contribution in [1.82, 2.24) is 5.32 Å². The Kier molecular flexibility index (Phi) is 11.0. The van der Waals surface area contributed by atoms with Gasteiger partial charge in [0, 0.05) is 6.16 Å². The zero-order chi connectivity index (χ0) is 24.1. The van der Waals surface area contributed by atoms with E-state index in [1.165, 1.54) is 0 Å². The molecule has 180 valence electrons. The Hall–Kier alpha value is -0.514. The van der Waals surface area contributed by atoms with Crippen molar-refractivity contribution in [1.29, 1.82) is 0 Å². The number of hydrogen-bond donors (Lipinski definition) is 1. The first-order valence-corrected chi connectivity index (χ1v) is 12.8. The number of benzene rings is 2. The first-order chi connectivity index (χ1) is 15.6. The number of halogens is 3. The maximum absolute atomic E-state index is 13.4. The zero-order valence-electron chi connectivity index (χ0n) is 19.5. The van der Waals surface area contributed by atoms with Crippen LogP contribution in [0.25, 0.3) is 11.1 Å². The number of amides is 1. The van der Waals surface area contributed by atoms with E-state index in [1.54, 1.807) is 24.3 Å². The predicted octanol–water partition coefficient (Wildman–Crippen LogP) is 2.18. The largest absolute Gasteiger partial charge is 1.00 e. The van der Waals surface area contributed by atoms with Crippen LogP contribution in [0.15, 0.2) is 48.5 Å². The van der Waals surface area contributed by atoms with Crippen LogP contribution in [0.5, 0.6) is 0 Å². The summed E-state index contributed by atoms with van der Waals surface area (Å²) in [6.07, 6.45) is -2.52. The van der Waals surface area contributed by atoms with Gasteiger partial charge in [-0.1, -0.05) is 68.3 Å². The third kappa shape index (κ3) is 7.04. The van der Waals surface area contributed by atoms with Gasteiger partial charge in [-0.05, 0) is 41.5 Å². The molecule has 34 heavy (non-hydrogen) atoms. The molecule has 2 aromatic rings. The zero-order valence-corrected chi connectivity index (χ0v) is 23.5. The maximum Gasteiger partial charge on any atom is 1.00 e. The molecule has 5 nitrogen and oxygen atoms in total. The molecular formula is C24H28F3KNO4P. The average molecular weight is 522 g/mol. The molecule has 0 saturated heterocycles. The van der Waals surface area contributed by atoms with E-state index in [-0.39, 0.29) is 77.0 Å². The number of nitrogens with one attached hydrogen (secondary N) is 1. The van der Waals surface area contributed by atoms with Crippen LogP contribution in [-0.2, 0) is 19.3 Å². The molecule has 1 unspecified atom stereocenters. The first-order valence-electron chi connectivity index (χ1n) is 11.1. The van der Waals surface area contributed by atoms with Crippen LogP contribution in [0.4, 0.5) is 13.2 Å². The molecular weight excluding hydrogens is 493 g/mol. The normalized spacial score (nSPS) is 15.6. The molecule has 2 aromatic carbocycles. The topological polar surface area (TPSA) is 78.5 Å².